The van der Waals surface area contributed by atoms with Crippen LogP contribution in [0.1, 0.15) is 46.3 Å². The Balaban J connectivity index is 1.59. The number of hydrogen-bond donors (Lipinski definition) is 1. The van der Waals surface area contributed by atoms with Gasteiger partial charge in [0.1, 0.15) is 11.5 Å². The van der Waals surface area contributed by atoms with Crippen molar-refractivity contribution in [2.75, 3.05) is 7.11 Å². The maximum atomic E-state index is 12.6. The number of rotatable bonds is 4. The van der Waals surface area contributed by atoms with Gasteiger partial charge in [0.2, 0.25) is 11.8 Å². The zero-order valence-corrected chi connectivity index (χ0v) is 15.3. The summed E-state index contributed by atoms with van der Waals surface area (Å²) in [6.07, 6.45) is 4.09. The minimum atomic E-state index is -0.233. The third-order valence-electron chi connectivity index (χ3n) is 4.70. The van der Waals surface area contributed by atoms with E-state index in [0.29, 0.717) is 22.9 Å². The van der Waals surface area contributed by atoms with Gasteiger partial charge in [-0.15, -0.1) is 0 Å². The van der Waals surface area contributed by atoms with E-state index in [9.17, 15) is 4.79 Å². The molecule has 140 valence electrons. The second kappa shape index (κ2) is 7.53. The van der Waals surface area contributed by atoms with Crippen molar-refractivity contribution < 1.29 is 13.9 Å². The number of fused-ring (bicyclic) bond motifs is 1. The Labute approximate surface area is 162 Å². The number of nitrogens with zero attached hydrogens (tertiary/aromatic N) is 3. The first-order valence-corrected chi connectivity index (χ1v) is 8.99. The third kappa shape index (κ3) is 3.45. The second-order valence-corrected chi connectivity index (χ2v) is 6.53. The highest BCUT2D eigenvalue weighted by Gasteiger charge is 2.28. The lowest BCUT2D eigenvalue weighted by molar-refractivity contribution is 0.0931. The first-order valence-electron chi connectivity index (χ1n) is 8.99. The number of pyridine rings is 1. The molecule has 0 bridgehead atoms. The van der Waals surface area contributed by atoms with Gasteiger partial charge in [0, 0.05) is 29.8 Å². The number of amides is 1. The molecule has 0 aliphatic heterocycles. The molecule has 7 nitrogen and oxygen atoms in total. The van der Waals surface area contributed by atoms with Crippen LogP contribution in [-0.2, 0) is 6.42 Å². The Morgan fingerprint density at radius 2 is 2.25 bits per heavy atom. The topological polar surface area (TPSA) is 101 Å². The largest absolute Gasteiger partial charge is 0.481 e. The van der Waals surface area contributed by atoms with Gasteiger partial charge in [0.05, 0.1) is 24.8 Å². The first kappa shape index (κ1) is 17.7. The fourth-order valence-electron chi connectivity index (χ4n) is 3.31. The number of carbonyl (C=O) groups excluding carboxylic acids is 1. The van der Waals surface area contributed by atoms with Crippen LogP contribution in [0.25, 0.3) is 11.5 Å². The molecule has 0 saturated carbocycles. The van der Waals surface area contributed by atoms with Crippen LogP contribution < -0.4 is 10.1 Å². The fraction of sp³-hybridized carbons (Fsp3) is 0.238. The van der Waals surface area contributed by atoms with Crippen LogP contribution in [0.3, 0.4) is 0 Å². The lowest BCUT2D eigenvalue weighted by atomic mass is 9.96. The number of oxazole rings is 1. The summed E-state index contributed by atoms with van der Waals surface area (Å²) in [6.45, 7) is 0. The van der Waals surface area contributed by atoms with E-state index in [0.717, 1.165) is 36.3 Å². The monoisotopic (exact) mass is 374 g/mol. The highest BCUT2D eigenvalue weighted by molar-refractivity contribution is 5.94. The predicted molar refractivity (Wildman–Crippen MR) is 101 cm³/mol. The van der Waals surface area contributed by atoms with Crippen LogP contribution in [-0.4, -0.2) is 23.0 Å². The summed E-state index contributed by atoms with van der Waals surface area (Å²) in [7, 11) is 1.56. The van der Waals surface area contributed by atoms with Crippen LogP contribution in [0.5, 0.6) is 5.88 Å². The average molecular weight is 374 g/mol. The second-order valence-electron chi connectivity index (χ2n) is 6.53. The van der Waals surface area contributed by atoms with Crippen LogP contribution in [0.2, 0.25) is 0 Å². The molecule has 1 amide bonds. The summed E-state index contributed by atoms with van der Waals surface area (Å²) in [4.78, 5) is 21.4. The van der Waals surface area contributed by atoms with Gasteiger partial charge in [-0.05, 0) is 37.1 Å². The van der Waals surface area contributed by atoms with E-state index in [-0.39, 0.29) is 11.9 Å². The Morgan fingerprint density at radius 1 is 1.36 bits per heavy atom. The Kier molecular flexibility index (Phi) is 4.77. The number of benzene rings is 1. The number of hydrogen-bond acceptors (Lipinski definition) is 6. The number of methoxy groups -OCH3 is 1. The van der Waals surface area contributed by atoms with Crippen molar-refractivity contribution in [3.8, 4) is 23.4 Å². The van der Waals surface area contributed by atoms with Crippen LogP contribution in [0.4, 0.5) is 0 Å². The quantitative estimate of drug-likeness (QED) is 0.751. The summed E-state index contributed by atoms with van der Waals surface area (Å²) < 4.78 is 11.1. The van der Waals surface area contributed by atoms with Gasteiger partial charge in [-0.2, -0.15) is 5.26 Å². The molecule has 28 heavy (non-hydrogen) atoms. The van der Waals surface area contributed by atoms with Gasteiger partial charge >= 0.3 is 0 Å². The molecule has 0 unspecified atom stereocenters. The van der Waals surface area contributed by atoms with Crippen molar-refractivity contribution in [2.24, 2.45) is 0 Å². The number of aryl methyl sites for hydroxylation is 1. The van der Waals surface area contributed by atoms with Crippen molar-refractivity contribution in [3.05, 3.63) is 65.2 Å². The molecule has 0 saturated heterocycles. The molecule has 0 spiro atoms. The van der Waals surface area contributed by atoms with Crippen molar-refractivity contribution in [1.29, 1.82) is 5.26 Å². The molecule has 2 heterocycles. The smallest absolute Gasteiger partial charge is 0.251 e. The highest BCUT2D eigenvalue weighted by atomic mass is 16.5. The first-order chi connectivity index (χ1) is 13.7. The predicted octanol–water partition coefficient (Wildman–Crippen LogP) is 3.42. The molecule has 1 atom stereocenters. The maximum absolute atomic E-state index is 12.6. The standard InChI is InChI=1S/C21H18N4O3/c1-27-18-11-15(8-9-23-18)21-25-19-16(6-3-7-17(19)28-21)24-20(26)14-5-2-4-13(10-14)12-22/h2,4-5,8-11,16H,3,6-7H2,1H3,(H,24,26)/t16-/m1/s1. The number of nitrogens with one attached hydrogen (secondary N) is 1. The van der Waals surface area contributed by atoms with Crippen molar-refractivity contribution in [1.82, 2.24) is 15.3 Å². The highest BCUT2D eigenvalue weighted by Crippen LogP contribution is 2.33. The van der Waals surface area contributed by atoms with Gasteiger partial charge in [-0.1, -0.05) is 6.07 Å². The minimum absolute atomic E-state index is 0.231. The zero-order valence-electron chi connectivity index (χ0n) is 15.3. The van der Waals surface area contributed by atoms with Crippen LogP contribution in [0.15, 0.2) is 47.0 Å². The van der Waals surface area contributed by atoms with E-state index in [1.807, 2.05) is 6.07 Å². The minimum Gasteiger partial charge on any atom is -0.481 e. The van der Waals surface area contributed by atoms with Crippen LogP contribution in [0, 0.1) is 11.3 Å². The Morgan fingerprint density at radius 3 is 3.07 bits per heavy atom. The number of nitriles is 1. The molecule has 1 aliphatic carbocycles. The van der Waals surface area contributed by atoms with E-state index in [1.165, 1.54) is 0 Å². The van der Waals surface area contributed by atoms with Crippen molar-refractivity contribution in [3.63, 3.8) is 0 Å². The Hall–Kier alpha value is -3.66. The lowest BCUT2D eigenvalue weighted by Crippen LogP contribution is -2.31. The number of carbonyl (C=O) groups is 1. The molecule has 1 N–H and O–H groups in total. The van der Waals surface area contributed by atoms with Crippen LogP contribution >= 0.6 is 0 Å². The number of ether oxygens (including phenoxy) is 1. The average Bonchev–Trinajstić information content (AvgIpc) is 3.19. The number of aromatic nitrogens is 2. The van der Waals surface area contributed by atoms with E-state index in [4.69, 9.17) is 14.4 Å². The SMILES string of the molecule is COc1cc(-c2nc3c(o2)CCC[C@H]3NC(=O)c2cccc(C#N)c2)ccn1. The molecule has 2 aromatic heterocycles. The molecule has 1 aliphatic rings. The molecule has 3 aromatic rings. The normalized spacial score (nSPS) is 15.4. The van der Waals surface area contributed by atoms with Gasteiger partial charge in [0.25, 0.3) is 5.91 Å². The Bertz CT molecular complexity index is 1070. The van der Waals surface area contributed by atoms with E-state index in [1.54, 1.807) is 49.7 Å². The summed E-state index contributed by atoms with van der Waals surface area (Å²) in [6, 6.07) is 12.0. The van der Waals surface area contributed by atoms with Gasteiger partial charge < -0.3 is 14.5 Å². The maximum Gasteiger partial charge on any atom is 0.251 e. The molecule has 1 aromatic carbocycles. The molecular formula is C21H18N4O3. The molecule has 0 radical (unpaired) electrons. The van der Waals surface area contributed by atoms with E-state index >= 15 is 0 Å². The molecule has 4 rings (SSSR count). The van der Waals surface area contributed by atoms with Gasteiger partial charge in [-0.25, -0.2) is 9.97 Å². The van der Waals surface area contributed by atoms with Gasteiger partial charge in [0.15, 0.2) is 0 Å². The summed E-state index contributed by atoms with van der Waals surface area (Å²) in [5, 5.41) is 12.0. The van der Waals surface area contributed by atoms with Crippen molar-refractivity contribution >= 4 is 5.91 Å². The molecule has 0 fully saturated rings. The lowest BCUT2D eigenvalue weighted by Gasteiger charge is -2.21. The summed E-state index contributed by atoms with van der Waals surface area (Å²) in [5.41, 5.74) is 2.43. The van der Waals surface area contributed by atoms with Gasteiger partial charge in [-0.3, -0.25) is 4.79 Å². The van der Waals surface area contributed by atoms with E-state index in [2.05, 4.69) is 15.3 Å². The summed E-state index contributed by atoms with van der Waals surface area (Å²) in [5.74, 6) is 1.52. The van der Waals surface area contributed by atoms with Crippen molar-refractivity contribution in [2.45, 2.75) is 25.3 Å². The fourth-order valence-corrected chi connectivity index (χ4v) is 3.31. The molecular weight excluding hydrogens is 356 g/mol. The molecule has 7 heteroatoms. The zero-order chi connectivity index (χ0) is 19.5. The third-order valence-corrected chi connectivity index (χ3v) is 4.70. The summed E-state index contributed by atoms with van der Waals surface area (Å²) >= 11 is 0. The van der Waals surface area contributed by atoms with E-state index < -0.39 is 0 Å².